The summed E-state index contributed by atoms with van der Waals surface area (Å²) in [6, 6.07) is 10.8. The van der Waals surface area contributed by atoms with Crippen LogP contribution in [0.4, 0.5) is 10.5 Å². The second kappa shape index (κ2) is 8.13. The minimum Gasteiger partial charge on any atom is -0.508 e. The second-order valence-electron chi connectivity index (χ2n) is 7.40. The molecule has 2 atom stereocenters. The maximum absolute atomic E-state index is 12.1. The lowest BCUT2D eigenvalue weighted by atomic mass is 10.0. The number of nitrogens with one attached hydrogen (secondary N) is 3. The molecule has 4 rings (SSSR count). The molecule has 2 aromatic rings. The Morgan fingerprint density at radius 2 is 2.03 bits per heavy atom. The summed E-state index contributed by atoms with van der Waals surface area (Å²) >= 11 is 0. The number of benzene rings is 2. The number of rotatable bonds is 4. The van der Waals surface area contributed by atoms with Gasteiger partial charge >= 0.3 is 6.03 Å². The Hall–Kier alpha value is -3.43. The normalized spacial score (nSPS) is 21.1. The summed E-state index contributed by atoms with van der Waals surface area (Å²) in [6.07, 6.45) is -0.330. The largest absolute Gasteiger partial charge is 0.508 e. The van der Waals surface area contributed by atoms with E-state index in [2.05, 4.69) is 16.0 Å². The van der Waals surface area contributed by atoms with Gasteiger partial charge in [-0.1, -0.05) is 18.2 Å². The van der Waals surface area contributed by atoms with Crippen molar-refractivity contribution < 1.29 is 24.6 Å². The van der Waals surface area contributed by atoms with Crippen LogP contribution in [-0.4, -0.2) is 39.0 Å². The van der Waals surface area contributed by atoms with E-state index in [0.29, 0.717) is 24.2 Å². The number of hydrogen-bond donors (Lipinski definition) is 5. The number of piperidine rings is 1. The number of phenols is 1. The molecule has 0 spiro atoms. The van der Waals surface area contributed by atoms with Crippen molar-refractivity contribution in [2.45, 2.75) is 38.2 Å². The quantitative estimate of drug-likeness (QED) is 0.483. The number of amides is 4. The van der Waals surface area contributed by atoms with Crippen LogP contribution in [0.3, 0.4) is 0 Å². The van der Waals surface area contributed by atoms with Crippen molar-refractivity contribution in [1.29, 1.82) is 0 Å². The van der Waals surface area contributed by atoms with Gasteiger partial charge in [-0.15, -0.1) is 0 Å². The summed E-state index contributed by atoms with van der Waals surface area (Å²) in [6.45, 7) is 0.650. The SMILES string of the molecule is O=C1CCC(N2Cc3ccc(CNC(=O)Nc4cccc(O)c4)cc3C2O)C(=O)N1. The van der Waals surface area contributed by atoms with E-state index in [1.807, 2.05) is 12.1 Å². The van der Waals surface area contributed by atoms with E-state index in [1.165, 1.54) is 12.1 Å². The highest BCUT2D eigenvalue weighted by atomic mass is 16.3. The standard InChI is InChI=1S/C21H22N4O5/c26-15-3-1-2-14(9-15)23-21(30)22-10-12-4-5-13-11-25(20(29)16(13)8-12)17-6-7-18(27)24-19(17)28/h1-5,8-9,17,20,26,29H,6-7,10-11H2,(H2,22,23,30)(H,24,27,28). The van der Waals surface area contributed by atoms with Crippen LogP contribution in [0.15, 0.2) is 42.5 Å². The number of imide groups is 1. The molecular weight excluding hydrogens is 388 g/mol. The highest BCUT2D eigenvalue weighted by molar-refractivity contribution is 6.00. The number of fused-ring (bicyclic) bond motifs is 1. The Morgan fingerprint density at radius 1 is 1.20 bits per heavy atom. The Balaban J connectivity index is 1.38. The minimum atomic E-state index is -0.954. The number of aliphatic hydroxyl groups is 1. The molecule has 30 heavy (non-hydrogen) atoms. The van der Waals surface area contributed by atoms with Gasteiger partial charge in [0.15, 0.2) is 0 Å². The molecular formula is C21H22N4O5. The Kier molecular flexibility index (Phi) is 5.39. The molecule has 1 saturated heterocycles. The molecule has 2 unspecified atom stereocenters. The molecule has 2 aliphatic heterocycles. The van der Waals surface area contributed by atoms with Gasteiger partial charge in [-0.3, -0.25) is 19.8 Å². The van der Waals surface area contributed by atoms with E-state index in [9.17, 15) is 24.6 Å². The summed E-state index contributed by atoms with van der Waals surface area (Å²) in [4.78, 5) is 37.3. The molecule has 2 aliphatic rings. The van der Waals surface area contributed by atoms with Gasteiger partial charge in [0.25, 0.3) is 0 Å². The third-order valence-electron chi connectivity index (χ3n) is 5.32. The molecule has 0 aliphatic carbocycles. The number of urea groups is 1. The highest BCUT2D eigenvalue weighted by Crippen LogP contribution is 2.35. The van der Waals surface area contributed by atoms with E-state index < -0.39 is 18.3 Å². The molecule has 1 fully saturated rings. The van der Waals surface area contributed by atoms with Crippen LogP contribution in [-0.2, 0) is 22.7 Å². The molecule has 0 saturated carbocycles. The van der Waals surface area contributed by atoms with Crippen molar-refractivity contribution in [3.05, 3.63) is 59.2 Å². The van der Waals surface area contributed by atoms with Crippen LogP contribution >= 0.6 is 0 Å². The van der Waals surface area contributed by atoms with E-state index in [4.69, 9.17) is 0 Å². The monoisotopic (exact) mass is 410 g/mol. The molecule has 156 valence electrons. The van der Waals surface area contributed by atoms with Crippen LogP contribution in [0, 0.1) is 0 Å². The first-order chi connectivity index (χ1) is 14.4. The Morgan fingerprint density at radius 3 is 2.80 bits per heavy atom. The number of carbonyl (C=O) groups is 3. The van der Waals surface area contributed by atoms with Crippen LogP contribution < -0.4 is 16.0 Å². The fraction of sp³-hybridized carbons (Fsp3) is 0.286. The van der Waals surface area contributed by atoms with Gasteiger partial charge in [0, 0.05) is 36.8 Å². The van der Waals surface area contributed by atoms with E-state index in [0.717, 1.165) is 11.1 Å². The van der Waals surface area contributed by atoms with Gasteiger partial charge in [-0.2, -0.15) is 0 Å². The first-order valence-electron chi connectivity index (χ1n) is 9.64. The molecule has 0 radical (unpaired) electrons. The number of aliphatic hydroxyl groups excluding tert-OH is 1. The van der Waals surface area contributed by atoms with Crippen molar-refractivity contribution in [2.24, 2.45) is 0 Å². The molecule has 2 heterocycles. The predicted molar refractivity (Wildman–Crippen MR) is 107 cm³/mol. The van der Waals surface area contributed by atoms with Gasteiger partial charge in [0.05, 0.1) is 6.04 Å². The lowest BCUT2D eigenvalue weighted by molar-refractivity contribution is -0.141. The van der Waals surface area contributed by atoms with Crippen molar-refractivity contribution in [1.82, 2.24) is 15.5 Å². The molecule has 9 heteroatoms. The number of nitrogens with zero attached hydrogens (tertiary/aromatic N) is 1. The summed E-state index contributed by atoms with van der Waals surface area (Å²) in [5.41, 5.74) is 2.85. The average Bonchev–Trinajstić information content (AvgIpc) is 3.02. The number of anilines is 1. The fourth-order valence-corrected chi connectivity index (χ4v) is 3.82. The minimum absolute atomic E-state index is 0.0565. The highest BCUT2D eigenvalue weighted by Gasteiger charge is 2.39. The van der Waals surface area contributed by atoms with Crippen molar-refractivity contribution in [3.8, 4) is 5.75 Å². The summed E-state index contributed by atoms with van der Waals surface area (Å²) in [5.74, 6) is -0.621. The third-order valence-corrected chi connectivity index (χ3v) is 5.32. The summed E-state index contributed by atoms with van der Waals surface area (Å²) in [7, 11) is 0. The van der Waals surface area contributed by atoms with E-state index in [-0.39, 0.29) is 30.5 Å². The van der Waals surface area contributed by atoms with Gasteiger partial charge in [0.2, 0.25) is 11.8 Å². The molecule has 4 amide bonds. The van der Waals surface area contributed by atoms with Gasteiger partial charge in [0.1, 0.15) is 12.0 Å². The van der Waals surface area contributed by atoms with Crippen LogP contribution in [0.5, 0.6) is 5.75 Å². The number of hydrogen-bond acceptors (Lipinski definition) is 6. The molecule has 0 aromatic heterocycles. The zero-order chi connectivity index (χ0) is 21.3. The zero-order valence-corrected chi connectivity index (χ0v) is 16.1. The van der Waals surface area contributed by atoms with Crippen molar-refractivity contribution in [2.75, 3.05) is 5.32 Å². The predicted octanol–water partition coefficient (Wildman–Crippen LogP) is 1.33. The maximum Gasteiger partial charge on any atom is 0.319 e. The molecule has 9 nitrogen and oxygen atoms in total. The average molecular weight is 410 g/mol. The molecule has 2 aromatic carbocycles. The first-order valence-corrected chi connectivity index (χ1v) is 9.64. The lowest BCUT2D eigenvalue weighted by Crippen LogP contribution is -2.51. The van der Waals surface area contributed by atoms with Gasteiger partial charge < -0.3 is 20.8 Å². The van der Waals surface area contributed by atoms with Crippen LogP contribution in [0.25, 0.3) is 0 Å². The molecule has 0 bridgehead atoms. The summed E-state index contributed by atoms with van der Waals surface area (Å²) in [5, 5.41) is 27.9. The van der Waals surface area contributed by atoms with Crippen LogP contribution in [0.2, 0.25) is 0 Å². The molecule has 5 N–H and O–H groups in total. The van der Waals surface area contributed by atoms with Crippen molar-refractivity contribution >= 4 is 23.5 Å². The third kappa shape index (κ3) is 4.12. The van der Waals surface area contributed by atoms with Gasteiger partial charge in [-0.25, -0.2) is 4.79 Å². The van der Waals surface area contributed by atoms with Crippen molar-refractivity contribution in [3.63, 3.8) is 0 Å². The number of aromatic hydroxyl groups is 1. The van der Waals surface area contributed by atoms with Crippen LogP contribution in [0.1, 0.15) is 35.8 Å². The zero-order valence-electron chi connectivity index (χ0n) is 16.1. The van der Waals surface area contributed by atoms with E-state index >= 15 is 0 Å². The maximum atomic E-state index is 12.1. The summed E-state index contributed by atoms with van der Waals surface area (Å²) < 4.78 is 0. The topological polar surface area (TPSA) is 131 Å². The Bertz CT molecular complexity index is 1010. The lowest BCUT2D eigenvalue weighted by Gasteiger charge is -2.31. The number of phenolic OH excluding ortho intramolecular Hbond substituents is 1. The first kappa shape index (κ1) is 19.9. The Labute approximate surface area is 172 Å². The number of carbonyl (C=O) groups excluding carboxylic acids is 3. The van der Waals surface area contributed by atoms with Gasteiger partial charge in [-0.05, 0) is 35.7 Å². The van der Waals surface area contributed by atoms with E-state index in [1.54, 1.807) is 23.1 Å². The fourth-order valence-electron chi connectivity index (χ4n) is 3.82. The second-order valence-corrected chi connectivity index (χ2v) is 7.40. The smallest absolute Gasteiger partial charge is 0.319 e.